The van der Waals surface area contributed by atoms with Gasteiger partial charge in [-0.25, -0.2) is 4.98 Å². The fourth-order valence-electron chi connectivity index (χ4n) is 2.38. The predicted molar refractivity (Wildman–Crippen MR) is 76.1 cm³/mol. The molecule has 0 spiro atoms. The first-order chi connectivity index (χ1) is 8.72. The Morgan fingerprint density at radius 1 is 1.61 bits per heavy atom. The van der Waals surface area contributed by atoms with E-state index in [2.05, 4.69) is 29.0 Å². The minimum atomic E-state index is 0.375. The van der Waals surface area contributed by atoms with E-state index in [1.54, 1.807) is 11.3 Å². The molecule has 0 aliphatic carbocycles. The number of hydrogen-bond acceptors (Lipinski definition) is 5. The Morgan fingerprint density at radius 3 is 3.17 bits per heavy atom. The summed E-state index contributed by atoms with van der Waals surface area (Å²) < 4.78 is 5.55. The Morgan fingerprint density at radius 2 is 2.44 bits per heavy atom. The van der Waals surface area contributed by atoms with Gasteiger partial charge in [-0.05, 0) is 25.8 Å². The zero-order valence-electron chi connectivity index (χ0n) is 11.5. The van der Waals surface area contributed by atoms with Gasteiger partial charge in [0.1, 0.15) is 0 Å². The molecule has 1 fully saturated rings. The molecule has 18 heavy (non-hydrogen) atoms. The summed E-state index contributed by atoms with van der Waals surface area (Å²) in [5.41, 5.74) is 0. The third-order valence-corrected chi connectivity index (χ3v) is 4.48. The highest BCUT2D eigenvalue weighted by Crippen LogP contribution is 2.24. The van der Waals surface area contributed by atoms with Crippen molar-refractivity contribution in [1.82, 2.24) is 9.88 Å². The molecule has 0 amide bonds. The highest BCUT2D eigenvalue weighted by Gasteiger charge is 2.26. The van der Waals surface area contributed by atoms with E-state index in [1.807, 2.05) is 13.3 Å². The summed E-state index contributed by atoms with van der Waals surface area (Å²) >= 11 is 1.76. The SMILES string of the molecule is CCNc1ncc(CN2CCC(C)C(OC)C2)s1. The fourth-order valence-corrected chi connectivity index (χ4v) is 3.31. The Balaban J connectivity index is 1.88. The van der Waals surface area contributed by atoms with Crippen LogP contribution in [0.1, 0.15) is 25.1 Å². The normalized spacial score (nSPS) is 25.3. The summed E-state index contributed by atoms with van der Waals surface area (Å²) in [6.07, 6.45) is 3.58. The number of aromatic nitrogens is 1. The molecule has 1 aromatic rings. The molecule has 102 valence electrons. The minimum absolute atomic E-state index is 0.375. The van der Waals surface area contributed by atoms with Gasteiger partial charge in [0.25, 0.3) is 0 Å². The van der Waals surface area contributed by atoms with Gasteiger partial charge < -0.3 is 10.1 Å². The first-order valence-corrected chi connectivity index (χ1v) is 7.48. The lowest BCUT2D eigenvalue weighted by Crippen LogP contribution is -2.43. The number of piperidine rings is 1. The number of nitrogens with one attached hydrogen (secondary N) is 1. The van der Waals surface area contributed by atoms with E-state index in [1.165, 1.54) is 11.3 Å². The van der Waals surface area contributed by atoms with Crippen molar-refractivity contribution in [2.24, 2.45) is 5.92 Å². The second-order valence-electron chi connectivity index (χ2n) is 4.94. The third kappa shape index (κ3) is 3.43. The number of ether oxygens (including phenoxy) is 1. The lowest BCUT2D eigenvalue weighted by Gasteiger charge is -2.35. The van der Waals surface area contributed by atoms with Crippen LogP contribution >= 0.6 is 11.3 Å². The smallest absolute Gasteiger partial charge is 0.182 e. The van der Waals surface area contributed by atoms with Gasteiger partial charge in [-0.2, -0.15) is 0 Å². The second kappa shape index (κ2) is 6.50. The van der Waals surface area contributed by atoms with E-state index in [-0.39, 0.29) is 0 Å². The van der Waals surface area contributed by atoms with E-state index >= 15 is 0 Å². The van der Waals surface area contributed by atoms with E-state index in [0.717, 1.165) is 31.3 Å². The maximum Gasteiger partial charge on any atom is 0.182 e. The molecule has 2 unspecified atom stereocenters. The zero-order valence-corrected chi connectivity index (χ0v) is 12.3. The number of thiazole rings is 1. The summed E-state index contributed by atoms with van der Waals surface area (Å²) in [7, 11) is 1.82. The van der Waals surface area contributed by atoms with Crippen molar-refractivity contribution in [3.05, 3.63) is 11.1 Å². The van der Waals surface area contributed by atoms with Crippen molar-refractivity contribution in [3.63, 3.8) is 0 Å². The largest absolute Gasteiger partial charge is 0.380 e. The molecule has 1 aromatic heterocycles. The lowest BCUT2D eigenvalue weighted by atomic mass is 9.96. The number of anilines is 1. The van der Waals surface area contributed by atoms with Crippen LogP contribution in [0.5, 0.6) is 0 Å². The van der Waals surface area contributed by atoms with Gasteiger partial charge in [0.15, 0.2) is 5.13 Å². The molecule has 2 atom stereocenters. The van der Waals surface area contributed by atoms with Crippen LogP contribution in [0, 0.1) is 5.92 Å². The molecule has 5 heteroatoms. The molecule has 2 rings (SSSR count). The molecule has 1 N–H and O–H groups in total. The maximum atomic E-state index is 5.55. The monoisotopic (exact) mass is 269 g/mol. The van der Waals surface area contributed by atoms with Gasteiger partial charge in [-0.15, -0.1) is 11.3 Å². The van der Waals surface area contributed by atoms with Crippen LogP contribution in [0.15, 0.2) is 6.20 Å². The van der Waals surface area contributed by atoms with E-state index < -0.39 is 0 Å². The number of methoxy groups -OCH3 is 1. The molecule has 1 saturated heterocycles. The Bertz CT molecular complexity index is 369. The van der Waals surface area contributed by atoms with Crippen LogP contribution in [0.4, 0.5) is 5.13 Å². The Labute approximate surface area is 113 Å². The number of likely N-dealkylation sites (tertiary alicyclic amines) is 1. The van der Waals surface area contributed by atoms with Gasteiger partial charge in [-0.1, -0.05) is 6.92 Å². The fraction of sp³-hybridized carbons (Fsp3) is 0.769. The molecule has 0 aromatic carbocycles. The molecule has 4 nitrogen and oxygen atoms in total. The molecule has 0 radical (unpaired) electrons. The van der Waals surface area contributed by atoms with Gasteiger partial charge in [0, 0.05) is 37.8 Å². The third-order valence-electron chi connectivity index (χ3n) is 3.54. The first-order valence-electron chi connectivity index (χ1n) is 6.66. The van der Waals surface area contributed by atoms with Crippen molar-refractivity contribution in [2.75, 3.05) is 32.1 Å². The second-order valence-corrected chi connectivity index (χ2v) is 6.05. The highest BCUT2D eigenvalue weighted by molar-refractivity contribution is 7.15. The summed E-state index contributed by atoms with van der Waals surface area (Å²) in [5, 5.41) is 4.29. The van der Waals surface area contributed by atoms with Crippen molar-refractivity contribution in [1.29, 1.82) is 0 Å². The lowest BCUT2D eigenvalue weighted by molar-refractivity contribution is -0.00717. The van der Waals surface area contributed by atoms with E-state index in [9.17, 15) is 0 Å². The van der Waals surface area contributed by atoms with Crippen LogP contribution in [-0.4, -0.2) is 42.7 Å². The standard InChI is InChI=1S/C13H23N3OS/c1-4-14-13-15-7-11(18-13)8-16-6-5-10(2)12(9-16)17-3/h7,10,12H,4-6,8-9H2,1-3H3,(H,14,15). The predicted octanol–water partition coefficient (Wildman–Crippen LogP) is 2.43. The summed E-state index contributed by atoms with van der Waals surface area (Å²) in [4.78, 5) is 8.17. The summed E-state index contributed by atoms with van der Waals surface area (Å²) in [5.74, 6) is 0.671. The Hall–Kier alpha value is -0.650. The number of rotatable bonds is 5. The molecular weight excluding hydrogens is 246 g/mol. The first kappa shape index (κ1) is 13.8. The van der Waals surface area contributed by atoms with Gasteiger partial charge in [0.05, 0.1) is 6.10 Å². The number of hydrogen-bond donors (Lipinski definition) is 1. The van der Waals surface area contributed by atoms with Crippen LogP contribution in [0.25, 0.3) is 0 Å². The zero-order chi connectivity index (χ0) is 13.0. The molecule has 0 bridgehead atoms. The quantitative estimate of drug-likeness (QED) is 0.891. The summed E-state index contributed by atoms with van der Waals surface area (Å²) in [6.45, 7) is 8.49. The maximum absolute atomic E-state index is 5.55. The van der Waals surface area contributed by atoms with Crippen molar-refractivity contribution < 1.29 is 4.74 Å². The molecule has 0 saturated carbocycles. The van der Waals surface area contributed by atoms with Gasteiger partial charge in [0.2, 0.25) is 0 Å². The van der Waals surface area contributed by atoms with Crippen LogP contribution < -0.4 is 5.32 Å². The molecular formula is C13H23N3OS. The molecule has 1 aliphatic rings. The molecule has 2 heterocycles. The average molecular weight is 269 g/mol. The van der Waals surface area contributed by atoms with Crippen LogP contribution in [-0.2, 0) is 11.3 Å². The van der Waals surface area contributed by atoms with Crippen LogP contribution in [0.2, 0.25) is 0 Å². The van der Waals surface area contributed by atoms with Crippen molar-refractivity contribution >= 4 is 16.5 Å². The topological polar surface area (TPSA) is 37.4 Å². The van der Waals surface area contributed by atoms with Crippen molar-refractivity contribution in [3.8, 4) is 0 Å². The number of nitrogens with zero attached hydrogens (tertiary/aromatic N) is 2. The highest BCUT2D eigenvalue weighted by atomic mass is 32.1. The van der Waals surface area contributed by atoms with E-state index in [0.29, 0.717) is 12.0 Å². The van der Waals surface area contributed by atoms with Crippen molar-refractivity contribution in [2.45, 2.75) is 32.9 Å². The van der Waals surface area contributed by atoms with Gasteiger partial charge in [-0.3, -0.25) is 4.90 Å². The summed E-state index contributed by atoms with van der Waals surface area (Å²) in [6, 6.07) is 0. The molecule has 1 aliphatic heterocycles. The Kier molecular flexibility index (Phi) is 4.97. The van der Waals surface area contributed by atoms with Gasteiger partial charge >= 0.3 is 0 Å². The van der Waals surface area contributed by atoms with E-state index in [4.69, 9.17) is 4.74 Å². The van der Waals surface area contributed by atoms with Crippen LogP contribution in [0.3, 0.4) is 0 Å². The average Bonchev–Trinajstić information content (AvgIpc) is 2.80. The minimum Gasteiger partial charge on any atom is -0.380 e.